The van der Waals surface area contributed by atoms with Crippen molar-refractivity contribution in [2.24, 2.45) is 0 Å². The van der Waals surface area contributed by atoms with Gasteiger partial charge in [0.2, 0.25) is 0 Å². The zero-order valence-corrected chi connectivity index (χ0v) is 13.9. The lowest BCUT2D eigenvalue weighted by Gasteiger charge is -2.06. The predicted molar refractivity (Wildman–Crippen MR) is 87.5 cm³/mol. The van der Waals surface area contributed by atoms with Crippen LogP contribution >= 0.6 is 11.6 Å². The summed E-state index contributed by atoms with van der Waals surface area (Å²) < 4.78 is 12.1. The fourth-order valence-electron chi connectivity index (χ4n) is 2.14. The molecule has 2 aromatic heterocycles. The molecule has 124 valence electrons. The van der Waals surface area contributed by atoms with Crippen LogP contribution in [0.25, 0.3) is 5.78 Å². The molecule has 0 N–H and O–H groups in total. The zero-order chi connectivity index (χ0) is 17.1. The highest BCUT2D eigenvalue weighted by atomic mass is 35.5. The highest BCUT2D eigenvalue weighted by molar-refractivity contribution is 6.30. The maximum atomic E-state index is 12.0. The Bertz CT molecular complexity index is 877. The van der Waals surface area contributed by atoms with Gasteiger partial charge in [-0.15, -0.1) is 5.10 Å². The molecule has 3 aromatic rings. The van der Waals surface area contributed by atoms with Crippen molar-refractivity contribution in [1.82, 2.24) is 19.6 Å². The molecule has 0 aliphatic rings. The van der Waals surface area contributed by atoms with Gasteiger partial charge in [-0.2, -0.15) is 4.98 Å². The Morgan fingerprint density at radius 2 is 1.92 bits per heavy atom. The summed E-state index contributed by atoms with van der Waals surface area (Å²) in [5.74, 6) is 0.383. The molecule has 24 heavy (non-hydrogen) atoms. The summed E-state index contributed by atoms with van der Waals surface area (Å²) in [4.78, 5) is 20.3. The Morgan fingerprint density at radius 1 is 1.17 bits per heavy atom. The normalized spacial score (nSPS) is 10.8. The molecule has 0 aliphatic carbocycles. The topological polar surface area (TPSA) is 78.6 Å². The van der Waals surface area contributed by atoms with Gasteiger partial charge in [0.1, 0.15) is 19.0 Å². The minimum absolute atomic E-state index is 0.0253. The number of benzene rings is 1. The van der Waals surface area contributed by atoms with Crippen LogP contribution in [0.5, 0.6) is 5.75 Å². The molecular weight excluding hydrogens is 332 g/mol. The lowest BCUT2D eigenvalue weighted by Crippen LogP contribution is -2.13. The van der Waals surface area contributed by atoms with Gasteiger partial charge in [-0.25, -0.2) is 14.3 Å². The van der Waals surface area contributed by atoms with Crippen LogP contribution in [0, 0.1) is 13.8 Å². The van der Waals surface area contributed by atoms with Gasteiger partial charge in [0.05, 0.1) is 0 Å². The first-order chi connectivity index (χ1) is 11.5. The molecule has 3 rings (SSSR count). The Labute approximate surface area is 143 Å². The van der Waals surface area contributed by atoms with E-state index in [0.717, 1.165) is 11.4 Å². The van der Waals surface area contributed by atoms with E-state index in [4.69, 9.17) is 21.1 Å². The first-order valence-corrected chi connectivity index (χ1v) is 7.67. The van der Waals surface area contributed by atoms with Gasteiger partial charge in [0.25, 0.3) is 11.6 Å². The lowest BCUT2D eigenvalue weighted by molar-refractivity contribution is 0.0436. The fourth-order valence-corrected chi connectivity index (χ4v) is 2.27. The number of halogens is 1. The van der Waals surface area contributed by atoms with Crippen molar-refractivity contribution < 1.29 is 14.3 Å². The maximum Gasteiger partial charge on any atom is 0.378 e. The Hall–Kier alpha value is -2.67. The van der Waals surface area contributed by atoms with Crippen LogP contribution < -0.4 is 4.74 Å². The van der Waals surface area contributed by atoms with Gasteiger partial charge in [0, 0.05) is 16.4 Å². The van der Waals surface area contributed by atoms with E-state index in [9.17, 15) is 4.79 Å². The third kappa shape index (κ3) is 3.62. The number of hydrogen-bond acceptors (Lipinski definition) is 6. The molecule has 0 saturated carbocycles. The number of carbonyl (C=O) groups is 1. The number of aromatic nitrogens is 4. The van der Waals surface area contributed by atoms with Crippen molar-refractivity contribution >= 4 is 23.3 Å². The molecule has 8 heteroatoms. The van der Waals surface area contributed by atoms with E-state index in [0.29, 0.717) is 16.5 Å². The largest absolute Gasteiger partial charge is 0.490 e. The first kappa shape index (κ1) is 16.2. The summed E-state index contributed by atoms with van der Waals surface area (Å²) in [5.41, 5.74) is 1.65. The van der Waals surface area contributed by atoms with Gasteiger partial charge < -0.3 is 9.47 Å². The molecule has 1 aromatic carbocycles. The SMILES string of the molecule is Cc1cc(C)n2nc(C(=O)OCCOc3ccc(Cl)cc3)nc2n1. The third-order valence-electron chi connectivity index (χ3n) is 3.20. The smallest absolute Gasteiger partial charge is 0.378 e. The highest BCUT2D eigenvalue weighted by Gasteiger charge is 2.16. The van der Waals surface area contributed by atoms with E-state index < -0.39 is 5.97 Å². The van der Waals surface area contributed by atoms with E-state index in [1.54, 1.807) is 24.3 Å². The van der Waals surface area contributed by atoms with Crippen molar-refractivity contribution in [2.45, 2.75) is 13.8 Å². The van der Waals surface area contributed by atoms with E-state index in [1.165, 1.54) is 4.52 Å². The maximum absolute atomic E-state index is 12.0. The summed E-state index contributed by atoms with van der Waals surface area (Å²) in [7, 11) is 0. The van der Waals surface area contributed by atoms with Crippen LogP contribution in [0.1, 0.15) is 22.0 Å². The second kappa shape index (κ2) is 6.84. The van der Waals surface area contributed by atoms with Crippen LogP contribution in [0.2, 0.25) is 5.02 Å². The van der Waals surface area contributed by atoms with Crippen LogP contribution in [0.3, 0.4) is 0 Å². The molecule has 0 radical (unpaired) electrons. The lowest BCUT2D eigenvalue weighted by atomic mass is 10.3. The second-order valence-electron chi connectivity index (χ2n) is 5.12. The van der Waals surface area contributed by atoms with Gasteiger partial charge in [0.15, 0.2) is 0 Å². The van der Waals surface area contributed by atoms with Crippen LogP contribution in [0.4, 0.5) is 0 Å². The number of ether oxygens (including phenoxy) is 2. The van der Waals surface area contributed by atoms with E-state index in [-0.39, 0.29) is 19.0 Å². The predicted octanol–water partition coefficient (Wildman–Crippen LogP) is 2.63. The Balaban J connectivity index is 1.57. The molecule has 0 aliphatic heterocycles. The van der Waals surface area contributed by atoms with E-state index in [1.807, 2.05) is 19.9 Å². The number of hydrogen-bond donors (Lipinski definition) is 0. The van der Waals surface area contributed by atoms with E-state index in [2.05, 4.69) is 15.1 Å². The summed E-state index contributed by atoms with van der Waals surface area (Å²) >= 11 is 5.79. The Kier molecular flexibility index (Phi) is 4.61. The number of esters is 1. The molecule has 2 heterocycles. The monoisotopic (exact) mass is 346 g/mol. The minimum Gasteiger partial charge on any atom is -0.490 e. The number of aryl methyl sites for hydroxylation is 2. The minimum atomic E-state index is -0.614. The molecule has 0 amide bonds. The average Bonchev–Trinajstić information content (AvgIpc) is 2.97. The molecular formula is C16H15ClN4O3. The molecule has 0 spiro atoms. The van der Waals surface area contributed by atoms with Crippen LogP contribution in [-0.4, -0.2) is 38.8 Å². The van der Waals surface area contributed by atoms with Crippen LogP contribution in [-0.2, 0) is 4.74 Å². The quantitative estimate of drug-likeness (QED) is 0.522. The van der Waals surface area contributed by atoms with Gasteiger partial charge in [-0.05, 0) is 44.2 Å². The highest BCUT2D eigenvalue weighted by Crippen LogP contribution is 2.15. The molecule has 0 fully saturated rings. The number of nitrogens with zero attached hydrogens (tertiary/aromatic N) is 4. The molecule has 7 nitrogen and oxygen atoms in total. The summed E-state index contributed by atoms with van der Waals surface area (Å²) in [6, 6.07) is 8.79. The standard InChI is InChI=1S/C16H15ClN4O3/c1-10-9-11(2)21-16(18-10)19-14(20-21)15(22)24-8-7-23-13-5-3-12(17)4-6-13/h3-6,9H,7-8H2,1-2H3. The molecule has 0 unspecified atom stereocenters. The third-order valence-corrected chi connectivity index (χ3v) is 3.45. The van der Waals surface area contributed by atoms with Gasteiger partial charge in [-0.1, -0.05) is 11.6 Å². The second-order valence-corrected chi connectivity index (χ2v) is 5.56. The van der Waals surface area contributed by atoms with Crippen LogP contribution in [0.15, 0.2) is 30.3 Å². The van der Waals surface area contributed by atoms with Crippen molar-refractivity contribution in [1.29, 1.82) is 0 Å². The van der Waals surface area contributed by atoms with Crippen molar-refractivity contribution in [3.63, 3.8) is 0 Å². The number of rotatable bonds is 5. The molecule has 0 saturated heterocycles. The number of fused-ring (bicyclic) bond motifs is 1. The van der Waals surface area contributed by atoms with Crippen molar-refractivity contribution in [3.05, 3.63) is 52.6 Å². The van der Waals surface area contributed by atoms with Crippen molar-refractivity contribution in [3.8, 4) is 5.75 Å². The average molecular weight is 347 g/mol. The number of carbonyl (C=O) groups excluding carboxylic acids is 1. The van der Waals surface area contributed by atoms with E-state index >= 15 is 0 Å². The fraction of sp³-hybridized carbons (Fsp3) is 0.250. The van der Waals surface area contributed by atoms with Gasteiger partial charge >= 0.3 is 5.97 Å². The summed E-state index contributed by atoms with van der Waals surface area (Å²) in [6.45, 7) is 4.03. The zero-order valence-electron chi connectivity index (χ0n) is 13.2. The van der Waals surface area contributed by atoms with Gasteiger partial charge in [-0.3, -0.25) is 0 Å². The first-order valence-electron chi connectivity index (χ1n) is 7.29. The summed E-state index contributed by atoms with van der Waals surface area (Å²) in [5, 5.41) is 4.74. The Morgan fingerprint density at radius 3 is 2.67 bits per heavy atom. The van der Waals surface area contributed by atoms with Crippen molar-refractivity contribution in [2.75, 3.05) is 13.2 Å². The molecule has 0 atom stereocenters. The molecule has 0 bridgehead atoms. The summed E-state index contributed by atoms with van der Waals surface area (Å²) in [6.07, 6.45) is 0.